The number of aliphatic hydroxyl groups is 4. The lowest BCUT2D eigenvalue weighted by atomic mass is 10.0. The van der Waals surface area contributed by atoms with Crippen molar-refractivity contribution < 1.29 is 34.8 Å². The molecule has 9 heteroatoms. The average molecular weight is 301 g/mol. The van der Waals surface area contributed by atoms with Gasteiger partial charge in [-0.2, -0.15) is 0 Å². The molecular formula is C12H15NO8. The lowest BCUT2D eigenvalue weighted by Crippen LogP contribution is -2.47. The predicted molar refractivity (Wildman–Crippen MR) is 67.5 cm³/mol. The van der Waals surface area contributed by atoms with Gasteiger partial charge in [0.05, 0.1) is 11.5 Å². The Labute approximate surface area is 119 Å². The van der Waals surface area contributed by atoms with Gasteiger partial charge in [0.25, 0.3) is 5.69 Å². The third kappa shape index (κ3) is 3.46. The molecule has 1 aromatic carbocycles. The number of hydrogen-bond acceptors (Lipinski definition) is 8. The molecule has 0 saturated carbocycles. The smallest absolute Gasteiger partial charge is 0.269 e. The standard InChI is InChI=1S/C12H15NO8/c14-8-5-20-12(11(17)10(16)9(8)15)21-7-3-1-6(2-4-7)13(18)19/h1-4,8-12,14-17H,5H2/t8-,9+,10-,11+,12-/m0/s1. The number of nitrogens with zero attached hydrogens (tertiary/aromatic N) is 1. The highest BCUT2D eigenvalue weighted by atomic mass is 16.7. The molecule has 0 amide bonds. The van der Waals surface area contributed by atoms with E-state index < -0.39 is 35.6 Å². The quantitative estimate of drug-likeness (QED) is 0.401. The minimum absolute atomic E-state index is 0.129. The number of benzene rings is 1. The third-order valence-electron chi connectivity index (χ3n) is 3.10. The molecule has 1 fully saturated rings. The molecule has 4 N–H and O–H groups in total. The maximum Gasteiger partial charge on any atom is 0.269 e. The van der Waals surface area contributed by atoms with Crippen molar-refractivity contribution >= 4 is 5.69 Å². The van der Waals surface area contributed by atoms with E-state index >= 15 is 0 Å². The Hall–Kier alpha value is -1.78. The fourth-order valence-corrected chi connectivity index (χ4v) is 1.87. The van der Waals surface area contributed by atoms with Crippen molar-refractivity contribution in [3.8, 4) is 5.75 Å². The monoisotopic (exact) mass is 301 g/mol. The van der Waals surface area contributed by atoms with Gasteiger partial charge in [-0.1, -0.05) is 0 Å². The van der Waals surface area contributed by atoms with Crippen molar-refractivity contribution in [3.63, 3.8) is 0 Å². The molecule has 1 saturated heterocycles. The molecule has 1 aliphatic heterocycles. The van der Waals surface area contributed by atoms with Crippen LogP contribution in [0.3, 0.4) is 0 Å². The van der Waals surface area contributed by atoms with Crippen LogP contribution < -0.4 is 4.74 Å². The van der Waals surface area contributed by atoms with Crippen LogP contribution in [0.2, 0.25) is 0 Å². The highest BCUT2D eigenvalue weighted by Crippen LogP contribution is 2.22. The highest BCUT2D eigenvalue weighted by Gasteiger charge is 2.40. The Bertz CT molecular complexity index is 493. The SMILES string of the molecule is O=[N+]([O-])c1ccc(O[C@@H]2OC[C@H](O)[C@@H](O)[C@H](O)[C@H]2O)cc1. The second-order valence-electron chi connectivity index (χ2n) is 4.61. The van der Waals surface area contributed by atoms with Gasteiger partial charge in [-0.15, -0.1) is 0 Å². The molecule has 21 heavy (non-hydrogen) atoms. The summed E-state index contributed by atoms with van der Waals surface area (Å²) in [4.78, 5) is 9.95. The molecular weight excluding hydrogens is 286 g/mol. The first-order valence-electron chi connectivity index (χ1n) is 6.15. The summed E-state index contributed by atoms with van der Waals surface area (Å²) in [5.74, 6) is 0.169. The van der Waals surface area contributed by atoms with Crippen LogP contribution in [0.4, 0.5) is 5.69 Å². The summed E-state index contributed by atoms with van der Waals surface area (Å²) < 4.78 is 10.3. The van der Waals surface area contributed by atoms with Crippen molar-refractivity contribution in [2.75, 3.05) is 6.61 Å². The number of ether oxygens (including phenoxy) is 2. The molecule has 0 aromatic heterocycles. The fraction of sp³-hybridized carbons (Fsp3) is 0.500. The lowest BCUT2D eigenvalue weighted by molar-refractivity contribution is -0.384. The van der Waals surface area contributed by atoms with Crippen molar-refractivity contribution in [2.45, 2.75) is 30.7 Å². The van der Waals surface area contributed by atoms with Crippen LogP contribution in [0, 0.1) is 10.1 Å². The number of aliphatic hydroxyl groups excluding tert-OH is 4. The second-order valence-corrected chi connectivity index (χ2v) is 4.61. The van der Waals surface area contributed by atoms with Gasteiger partial charge in [0, 0.05) is 12.1 Å². The second kappa shape index (κ2) is 6.33. The van der Waals surface area contributed by atoms with Crippen molar-refractivity contribution in [2.24, 2.45) is 0 Å². The molecule has 1 heterocycles. The highest BCUT2D eigenvalue weighted by molar-refractivity contribution is 5.36. The molecule has 5 atom stereocenters. The van der Waals surface area contributed by atoms with E-state index in [2.05, 4.69) is 0 Å². The van der Waals surface area contributed by atoms with E-state index in [1.807, 2.05) is 0 Å². The molecule has 0 bridgehead atoms. The molecule has 0 spiro atoms. The number of nitro groups is 1. The van der Waals surface area contributed by atoms with E-state index in [0.29, 0.717) is 0 Å². The molecule has 2 rings (SSSR count). The third-order valence-corrected chi connectivity index (χ3v) is 3.10. The van der Waals surface area contributed by atoms with E-state index in [9.17, 15) is 30.5 Å². The predicted octanol–water partition coefficient (Wildman–Crippen LogP) is -1.23. The lowest BCUT2D eigenvalue weighted by Gasteiger charge is -2.25. The largest absolute Gasteiger partial charge is 0.462 e. The van der Waals surface area contributed by atoms with Gasteiger partial charge in [0.1, 0.15) is 30.2 Å². The minimum Gasteiger partial charge on any atom is -0.462 e. The van der Waals surface area contributed by atoms with Gasteiger partial charge in [-0.25, -0.2) is 0 Å². The summed E-state index contributed by atoms with van der Waals surface area (Å²) in [7, 11) is 0. The van der Waals surface area contributed by atoms with E-state index in [4.69, 9.17) is 9.47 Å². The van der Waals surface area contributed by atoms with E-state index in [-0.39, 0.29) is 18.0 Å². The van der Waals surface area contributed by atoms with Gasteiger partial charge in [-0.3, -0.25) is 10.1 Å². The molecule has 116 valence electrons. The van der Waals surface area contributed by atoms with Gasteiger partial charge in [-0.05, 0) is 12.1 Å². The fourth-order valence-electron chi connectivity index (χ4n) is 1.87. The molecule has 1 aliphatic rings. The zero-order chi connectivity index (χ0) is 15.6. The summed E-state index contributed by atoms with van der Waals surface area (Å²) in [6, 6.07) is 5.02. The van der Waals surface area contributed by atoms with Crippen LogP contribution in [-0.2, 0) is 4.74 Å². The van der Waals surface area contributed by atoms with Gasteiger partial charge in [0.2, 0.25) is 6.29 Å². The van der Waals surface area contributed by atoms with Crippen LogP contribution in [0.1, 0.15) is 0 Å². The summed E-state index contributed by atoms with van der Waals surface area (Å²) in [5.41, 5.74) is -0.129. The number of nitro benzene ring substituents is 1. The topological polar surface area (TPSA) is 143 Å². The molecule has 9 nitrogen and oxygen atoms in total. The molecule has 1 aromatic rings. The Morgan fingerprint density at radius 3 is 2.29 bits per heavy atom. The van der Waals surface area contributed by atoms with E-state index in [1.54, 1.807) is 0 Å². The average Bonchev–Trinajstić information content (AvgIpc) is 2.56. The Morgan fingerprint density at radius 2 is 1.71 bits per heavy atom. The molecule has 0 unspecified atom stereocenters. The summed E-state index contributed by atoms with van der Waals surface area (Å²) in [5, 5.41) is 49.0. The van der Waals surface area contributed by atoms with Crippen LogP contribution in [0.15, 0.2) is 24.3 Å². The Kier molecular flexibility index (Phi) is 4.70. The van der Waals surface area contributed by atoms with Gasteiger partial charge < -0.3 is 29.9 Å². The number of non-ortho nitro benzene ring substituents is 1. The zero-order valence-electron chi connectivity index (χ0n) is 10.8. The minimum atomic E-state index is -1.65. The van der Waals surface area contributed by atoms with Crippen LogP contribution in [0.25, 0.3) is 0 Å². The van der Waals surface area contributed by atoms with Crippen molar-refractivity contribution in [1.29, 1.82) is 0 Å². The molecule has 0 aliphatic carbocycles. The van der Waals surface area contributed by atoms with E-state index in [0.717, 1.165) is 0 Å². The zero-order valence-corrected chi connectivity index (χ0v) is 10.8. The summed E-state index contributed by atoms with van der Waals surface area (Å²) >= 11 is 0. The first-order valence-corrected chi connectivity index (χ1v) is 6.15. The van der Waals surface area contributed by atoms with Crippen LogP contribution >= 0.6 is 0 Å². The first-order chi connectivity index (χ1) is 9.90. The Balaban J connectivity index is 2.09. The van der Waals surface area contributed by atoms with Gasteiger partial charge in [0.15, 0.2) is 0 Å². The number of hydrogen-bond donors (Lipinski definition) is 4. The maximum atomic E-state index is 10.5. The number of rotatable bonds is 3. The van der Waals surface area contributed by atoms with Crippen LogP contribution in [0.5, 0.6) is 5.75 Å². The van der Waals surface area contributed by atoms with Crippen LogP contribution in [-0.4, -0.2) is 62.7 Å². The summed E-state index contributed by atoms with van der Waals surface area (Å²) in [6.45, 7) is -0.340. The normalized spacial score (nSPS) is 33.2. The van der Waals surface area contributed by atoms with Gasteiger partial charge >= 0.3 is 0 Å². The summed E-state index contributed by atoms with van der Waals surface area (Å²) in [6.07, 6.45) is -7.49. The van der Waals surface area contributed by atoms with Crippen molar-refractivity contribution in [1.82, 2.24) is 0 Å². The molecule has 0 radical (unpaired) electrons. The maximum absolute atomic E-state index is 10.5. The Morgan fingerprint density at radius 1 is 1.10 bits per heavy atom. The van der Waals surface area contributed by atoms with E-state index in [1.165, 1.54) is 24.3 Å². The van der Waals surface area contributed by atoms with Crippen molar-refractivity contribution in [3.05, 3.63) is 34.4 Å². The first kappa shape index (κ1) is 15.6.